The molecular formula is C29H28F3N7O2. The fourth-order valence-electron chi connectivity index (χ4n) is 4.12. The molecule has 5 rings (SSSR count). The van der Waals surface area contributed by atoms with Gasteiger partial charge in [-0.3, -0.25) is 4.98 Å². The quantitative estimate of drug-likeness (QED) is 0.114. The lowest BCUT2D eigenvalue weighted by Gasteiger charge is -2.17. The van der Waals surface area contributed by atoms with Crippen molar-refractivity contribution in [1.82, 2.24) is 19.4 Å². The van der Waals surface area contributed by atoms with Gasteiger partial charge in [-0.05, 0) is 48.0 Å². The van der Waals surface area contributed by atoms with Crippen LogP contribution >= 0.6 is 0 Å². The molecule has 0 aliphatic heterocycles. The smallest absolute Gasteiger partial charge is 0.416 e. The lowest BCUT2D eigenvalue weighted by molar-refractivity contribution is -0.137. The molecule has 0 saturated heterocycles. The summed E-state index contributed by atoms with van der Waals surface area (Å²) in [7, 11) is 0. The van der Waals surface area contributed by atoms with Gasteiger partial charge in [-0.15, -0.1) is 0 Å². The van der Waals surface area contributed by atoms with Gasteiger partial charge in [0.2, 0.25) is 0 Å². The molecule has 0 unspecified atom stereocenters. The van der Waals surface area contributed by atoms with Crippen LogP contribution in [0, 0.1) is 0 Å². The van der Waals surface area contributed by atoms with Gasteiger partial charge in [0.05, 0.1) is 30.2 Å². The van der Waals surface area contributed by atoms with Crippen LogP contribution in [-0.4, -0.2) is 44.3 Å². The maximum atomic E-state index is 13.3. The standard InChI is InChI=1S/C29H28F3N7O2/c30-29(31,32)22-5-6-26(41-14-2-13-40)24(16-22)37-19-36-23-4-1-3-21(15-23)25-18-39-12-11-34-28(39)27(38-25)35-17-20-7-9-33-10-8-20/h1,3-12,15-16,18,36-37,40H,2,13-14,17,19H2,(H,35,38). The van der Waals surface area contributed by atoms with E-state index in [-0.39, 0.29) is 31.3 Å². The molecule has 0 atom stereocenters. The number of nitrogens with one attached hydrogen (secondary N) is 3. The van der Waals surface area contributed by atoms with Gasteiger partial charge >= 0.3 is 6.18 Å². The zero-order valence-corrected chi connectivity index (χ0v) is 21.9. The zero-order chi connectivity index (χ0) is 28.7. The Bertz CT molecular complexity index is 1590. The van der Waals surface area contributed by atoms with Crippen molar-refractivity contribution >= 4 is 22.8 Å². The summed E-state index contributed by atoms with van der Waals surface area (Å²) in [6.07, 6.45) is 4.78. The second-order valence-electron chi connectivity index (χ2n) is 9.09. The molecule has 5 aromatic rings. The minimum Gasteiger partial charge on any atom is -0.491 e. The van der Waals surface area contributed by atoms with Crippen molar-refractivity contribution in [1.29, 1.82) is 0 Å². The molecule has 3 heterocycles. The summed E-state index contributed by atoms with van der Waals surface area (Å²) >= 11 is 0. The number of ether oxygens (including phenoxy) is 1. The first-order valence-corrected chi connectivity index (χ1v) is 12.9. The molecule has 0 spiro atoms. The lowest BCUT2D eigenvalue weighted by Crippen LogP contribution is -2.14. The number of pyridine rings is 1. The van der Waals surface area contributed by atoms with Crippen LogP contribution in [0.15, 0.2) is 85.6 Å². The van der Waals surface area contributed by atoms with Crippen molar-refractivity contribution in [3.63, 3.8) is 0 Å². The zero-order valence-electron chi connectivity index (χ0n) is 21.9. The number of aromatic nitrogens is 4. The molecule has 0 aliphatic rings. The third kappa shape index (κ3) is 7.03. The Hall–Kier alpha value is -4.84. The molecule has 3 aromatic heterocycles. The fourth-order valence-corrected chi connectivity index (χ4v) is 4.12. The Kier molecular flexibility index (Phi) is 8.49. The summed E-state index contributed by atoms with van der Waals surface area (Å²) in [5.41, 5.74) is 3.44. The number of alkyl halides is 3. The van der Waals surface area contributed by atoms with E-state index in [1.165, 1.54) is 6.07 Å². The topological polar surface area (TPSA) is 109 Å². The molecule has 0 saturated carbocycles. The second kappa shape index (κ2) is 12.6. The molecule has 12 heteroatoms. The van der Waals surface area contributed by atoms with Crippen LogP contribution in [0.2, 0.25) is 0 Å². The third-order valence-electron chi connectivity index (χ3n) is 6.18. The SMILES string of the molecule is OCCCOc1ccc(C(F)(F)F)cc1NCNc1cccc(-c2cn3ccnc3c(NCc3ccncc3)n2)c1. The van der Waals surface area contributed by atoms with Gasteiger partial charge in [-0.1, -0.05) is 12.1 Å². The second-order valence-corrected chi connectivity index (χ2v) is 9.09. The van der Waals surface area contributed by atoms with Crippen LogP contribution in [0.25, 0.3) is 16.9 Å². The van der Waals surface area contributed by atoms with Crippen molar-refractivity contribution in [3.8, 4) is 17.0 Å². The highest BCUT2D eigenvalue weighted by atomic mass is 19.4. The summed E-state index contributed by atoms with van der Waals surface area (Å²) in [4.78, 5) is 13.3. The Morgan fingerprint density at radius 1 is 0.951 bits per heavy atom. The predicted molar refractivity (Wildman–Crippen MR) is 151 cm³/mol. The van der Waals surface area contributed by atoms with E-state index >= 15 is 0 Å². The fraction of sp³-hybridized carbons (Fsp3) is 0.207. The van der Waals surface area contributed by atoms with Crippen LogP contribution in [-0.2, 0) is 12.7 Å². The van der Waals surface area contributed by atoms with Crippen LogP contribution in [0.5, 0.6) is 5.75 Å². The highest BCUT2D eigenvalue weighted by molar-refractivity contribution is 5.71. The van der Waals surface area contributed by atoms with Crippen molar-refractivity contribution in [2.75, 3.05) is 35.8 Å². The normalized spacial score (nSPS) is 11.4. The minimum absolute atomic E-state index is 0.0772. The van der Waals surface area contributed by atoms with Crippen molar-refractivity contribution in [2.24, 2.45) is 0 Å². The summed E-state index contributed by atoms with van der Waals surface area (Å²) in [5, 5.41) is 18.5. The van der Waals surface area contributed by atoms with Crippen LogP contribution < -0.4 is 20.7 Å². The van der Waals surface area contributed by atoms with E-state index in [2.05, 4.69) is 25.9 Å². The van der Waals surface area contributed by atoms with Gasteiger partial charge in [0.25, 0.3) is 0 Å². The number of imidazole rings is 1. The van der Waals surface area contributed by atoms with E-state index in [1.54, 1.807) is 18.6 Å². The van der Waals surface area contributed by atoms with Gasteiger partial charge in [0.15, 0.2) is 11.5 Å². The third-order valence-corrected chi connectivity index (χ3v) is 6.18. The Morgan fingerprint density at radius 2 is 1.80 bits per heavy atom. The highest BCUT2D eigenvalue weighted by Gasteiger charge is 2.31. The first kappa shape index (κ1) is 27.7. The molecular weight excluding hydrogens is 535 g/mol. The Balaban J connectivity index is 1.31. The number of benzene rings is 2. The summed E-state index contributed by atoms with van der Waals surface area (Å²) in [6, 6.07) is 14.7. The van der Waals surface area contributed by atoms with E-state index in [0.717, 1.165) is 28.9 Å². The van der Waals surface area contributed by atoms with E-state index < -0.39 is 11.7 Å². The molecule has 2 aromatic carbocycles. The molecule has 212 valence electrons. The monoisotopic (exact) mass is 563 g/mol. The number of rotatable bonds is 12. The number of hydrogen-bond donors (Lipinski definition) is 4. The number of nitrogens with zero attached hydrogens (tertiary/aromatic N) is 4. The average Bonchev–Trinajstić information content (AvgIpc) is 3.46. The maximum absolute atomic E-state index is 13.3. The van der Waals surface area contributed by atoms with Crippen molar-refractivity contribution < 1.29 is 23.0 Å². The molecule has 4 N–H and O–H groups in total. The van der Waals surface area contributed by atoms with E-state index in [9.17, 15) is 13.2 Å². The number of aliphatic hydroxyl groups excluding tert-OH is 1. The molecule has 0 fully saturated rings. The van der Waals surface area contributed by atoms with Gasteiger partial charge in [0, 0.05) is 61.8 Å². The molecule has 41 heavy (non-hydrogen) atoms. The van der Waals surface area contributed by atoms with Gasteiger partial charge in [-0.25, -0.2) is 9.97 Å². The van der Waals surface area contributed by atoms with Crippen molar-refractivity contribution in [3.05, 3.63) is 96.7 Å². The first-order chi connectivity index (χ1) is 19.9. The molecule has 0 aliphatic carbocycles. The van der Waals surface area contributed by atoms with Gasteiger partial charge in [0.1, 0.15) is 5.75 Å². The predicted octanol–water partition coefficient (Wildman–Crippen LogP) is 5.66. The van der Waals surface area contributed by atoms with Crippen molar-refractivity contribution in [2.45, 2.75) is 19.1 Å². The minimum atomic E-state index is -4.49. The van der Waals surface area contributed by atoms with E-state index in [4.69, 9.17) is 14.8 Å². The highest BCUT2D eigenvalue weighted by Crippen LogP contribution is 2.35. The Labute approximate surface area is 234 Å². The summed E-state index contributed by atoms with van der Waals surface area (Å²) in [5.74, 6) is 0.897. The maximum Gasteiger partial charge on any atom is 0.416 e. The van der Waals surface area contributed by atoms with Crippen LogP contribution in [0.3, 0.4) is 0 Å². The molecule has 0 bridgehead atoms. The first-order valence-electron chi connectivity index (χ1n) is 12.9. The van der Waals surface area contributed by atoms with Gasteiger partial charge in [-0.2, -0.15) is 13.2 Å². The lowest BCUT2D eigenvalue weighted by atomic mass is 10.1. The number of hydrogen-bond acceptors (Lipinski definition) is 8. The molecule has 0 radical (unpaired) electrons. The summed E-state index contributed by atoms with van der Waals surface area (Å²) < 4.78 is 47.4. The molecule has 9 nitrogen and oxygen atoms in total. The Morgan fingerprint density at radius 3 is 2.61 bits per heavy atom. The summed E-state index contributed by atoms with van der Waals surface area (Å²) in [6.45, 7) is 0.787. The molecule has 0 amide bonds. The largest absolute Gasteiger partial charge is 0.491 e. The number of aliphatic hydroxyl groups is 1. The van der Waals surface area contributed by atoms with E-state index in [0.29, 0.717) is 30.1 Å². The van der Waals surface area contributed by atoms with Gasteiger partial charge < -0.3 is 30.2 Å². The number of halogens is 3. The number of anilines is 3. The van der Waals surface area contributed by atoms with E-state index in [1.807, 2.05) is 53.2 Å². The average molecular weight is 564 g/mol. The van der Waals surface area contributed by atoms with Crippen LogP contribution in [0.4, 0.5) is 30.4 Å². The van der Waals surface area contributed by atoms with Crippen LogP contribution in [0.1, 0.15) is 17.5 Å². The number of fused-ring (bicyclic) bond motifs is 1.